The minimum Gasteiger partial charge on any atom is -0.290 e. The van der Waals surface area contributed by atoms with Crippen LogP contribution < -0.4 is 5.32 Å². The molecule has 0 spiro atoms. The van der Waals surface area contributed by atoms with Gasteiger partial charge in [-0.2, -0.15) is 0 Å². The van der Waals surface area contributed by atoms with E-state index in [4.69, 9.17) is 5.41 Å². The zero-order chi connectivity index (χ0) is 10.0. The molecule has 1 heterocycles. The van der Waals surface area contributed by atoms with Crippen LogP contribution in [0.25, 0.3) is 0 Å². The highest BCUT2D eigenvalue weighted by Crippen LogP contribution is 1.97. The number of aliphatic imine (C=N–C) groups is 1. The van der Waals surface area contributed by atoms with E-state index in [0.29, 0.717) is 0 Å². The minimum atomic E-state index is -0.763. The molecule has 0 aromatic heterocycles. The Labute approximate surface area is 72.9 Å². The molecule has 1 rings (SSSR count). The van der Waals surface area contributed by atoms with Crippen LogP contribution in [0, 0.1) is 5.41 Å². The Bertz CT molecular complexity index is 333. The second kappa shape index (κ2) is 3.13. The summed E-state index contributed by atoms with van der Waals surface area (Å²) in [6.07, 6.45) is 0.146. The van der Waals surface area contributed by atoms with E-state index in [1.54, 1.807) is 0 Å². The van der Waals surface area contributed by atoms with Crippen molar-refractivity contribution in [3.8, 4) is 0 Å². The van der Waals surface area contributed by atoms with Crippen molar-refractivity contribution in [1.82, 2.24) is 10.2 Å². The van der Waals surface area contributed by atoms with E-state index in [1.165, 1.54) is 7.05 Å². The fraction of sp³-hybridized carbons (Fsp3) is 0.167. The third kappa shape index (κ3) is 1.43. The molecule has 0 aromatic rings. The topological polar surface area (TPSA) is 103 Å². The molecule has 0 aromatic carbocycles. The fourth-order valence-electron chi connectivity index (χ4n) is 0.780. The molecule has 4 amide bonds. The van der Waals surface area contributed by atoms with Gasteiger partial charge in [-0.05, 0) is 0 Å². The van der Waals surface area contributed by atoms with Gasteiger partial charge >= 0.3 is 6.03 Å². The second-order valence-corrected chi connectivity index (χ2v) is 2.25. The van der Waals surface area contributed by atoms with E-state index >= 15 is 0 Å². The van der Waals surface area contributed by atoms with E-state index in [-0.39, 0.29) is 12.1 Å². The third-order valence-corrected chi connectivity index (χ3v) is 1.46. The average molecular weight is 182 g/mol. The molecule has 0 atom stereocenters. The van der Waals surface area contributed by atoms with Crippen LogP contribution >= 0.6 is 0 Å². The molecule has 1 aliphatic rings. The third-order valence-electron chi connectivity index (χ3n) is 1.46. The number of carbonyl (C=O) groups excluding carboxylic acids is 3. The van der Waals surface area contributed by atoms with Crippen LogP contribution in [-0.2, 0) is 9.59 Å². The predicted octanol–water partition coefficient (Wildman–Crippen LogP) is -1.26. The maximum Gasteiger partial charge on any atom is 0.329 e. The molecule has 0 radical (unpaired) electrons. The van der Waals surface area contributed by atoms with Crippen molar-refractivity contribution in [2.45, 2.75) is 0 Å². The van der Waals surface area contributed by atoms with Crippen molar-refractivity contribution in [2.75, 3.05) is 7.05 Å². The number of nitrogens with zero attached hydrogens (tertiary/aromatic N) is 2. The van der Waals surface area contributed by atoms with Crippen LogP contribution in [0.1, 0.15) is 0 Å². The van der Waals surface area contributed by atoms with E-state index in [0.717, 1.165) is 4.90 Å². The number of nitrogens with one attached hydrogen (secondary N) is 2. The lowest BCUT2D eigenvalue weighted by molar-refractivity contribution is -0.120. The standard InChI is InChI=1S/C6H6N4O3/c1-10-5(12)3(8-2-11)4(7)9-6(10)13/h2H,1H3,(H2,7,9,13). The van der Waals surface area contributed by atoms with Gasteiger partial charge in [-0.25, -0.2) is 9.79 Å². The number of urea groups is 1. The second-order valence-electron chi connectivity index (χ2n) is 2.25. The summed E-state index contributed by atoms with van der Waals surface area (Å²) < 4.78 is 0. The quantitative estimate of drug-likeness (QED) is 0.495. The van der Waals surface area contributed by atoms with E-state index in [2.05, 4.69) is 10.3 Å². The Balaban J connectivity index is 3.06. The van der Waals surface area contributed by atoms with Crippen LogP contribution in [0.4, 0.5) is 4.79 Å². The summed E-state index contributed by atoms with van der Waals surface area (Å²) in [6.45, 7) is 0. The highest BCUT2D eigenvalue weighted by atomic mass is 16.2. The Morgan fingerprint density at radius 1 is 1.54 bits per heavy atom. The Hall–Kier alpha value is -2.05. The van der Waals surface area contributed by atoms with Gasteiger partial charge in [0.25, 0.3) is 5.91 Å². The Morgan fingerprint density at radius 3 is 2.69 bits per heavy atom. The van der Waals surface area contributed by atoms with Crippen LogP contribution in [0.15, 0.2) is 4.99 Å². The summed E-state index contributed by atoms with van der Waals surface area (Å²) >= 11 is 0. The van der Waals surface area contributed by atoms with E-state index in [1.807, 2.05) is 0 Å². The molecular formula is C6H6N4O3. The Morgan fingerprint density at radius 2 is 2.15 bits per heavy atom. The van der Waals surface area contributed by atoms with E-state index in [9.17, 15) is 14.4 Å². The number of hydrogen-bond acceptors (Lipinski definition) is 4. The van der Waals surface area contributed by atoms with Gasteiger partial charge in [0.15, 0.2) is 11.5 Å². The first-order valence-corrected chi connectivity index (χ1v) is 3.27. The molecule has 1 aliphatic heterocycles. The van der Waals surface area contributed by atoms with E-state index < -0.39 is 17.8 Å². The van der Waals surface area contributed by atoms with Crippen molar-refractivity contribution in [3.63, 3.8) is 0 Å². The Kier molecular flexibility index (Phi) is 2.18. The first-order valence-electron chi connectivity index (χ1n) is 3.27. The minimum absolute atomic E-state index is 0.146. The van der Waals surface area contributed by atoms with Crippen LogP contribution in [0.3, 0.4) is 0 Å². The van der Waals surface area contributed by atoms with Gasteiger partial charge in [0, 0.05) is 7.05 Å². The fourth-order valence-corrected chi connectivity index (χ4v) is 0.780. The largest absolute Gasteiger partial charge is 0.329 e. The average Bonchev–Trinajstić information content (AvgIpc) is 2.09. The lowest BCUT2D eigenvalue weighted by Gasteiger charge is -2.22. The van der Waals surface area contributed by atoms with Gasteiger partial charge in [-0.3, -0.25) is 25.2 Å². The van der Waals surface area contributed by atoms with Gasteiger partial charge in [-0.1, -0.05) is 0 Å². The number of rotatable bonds is 1. The molecule has 7 heteroatoms. The predicted molar refractivity (Wildman–Crippen MR) is 42.5 cm³/mol. The first kappa shape index (κ1) is 9.04. The monoisotopic (exact) mass is 182 g/mol. The highest BCUT2D eigenvalue weighted by molar-refractivity contribution is 6.69. The van der Waals surface area contributed by atoms with Crippen molar-refractivity contribution in [1.29, 1.82) is 5.41 Å². The number of amides is 4. The van der Waals surface area contributed by atoms with Gasteiger partial charge < -0.3 is 0 Å². The zero-order valence-electron chi connectivity index (χ0n) is 6.70. The summed E-state index contributed by atoms with van der Waals surface area (Å²) in [5.74, 6) is -1.22. The van der Waals surface area contributed by atoms with Crippen LogP contribution in [0.2, 0.25) is 0 Å². The molecule has 1 saturated heterocycles. The lowest BCUT2D eigenvalue weighted by atomic mass is 10.2. The number of imide groups is 1. The summed E-state index contributed by atoms with van der Waals surface area (Å²) in [5, 5.41) is 9.19. The first-order chi connectivity index (χ1) is 6.07. The number of hydrogen-bond donors (Lipinski definition) is 2. The summed E-state index contributed by atoms with van der Waals surface area (Å²) in [5.41, 5.74) is -0.364. The molecule has 1 fully saturated rings. The highest BCUT2D eigenvalue weighted by Gasteiger charge is 2.31. The molecule has 0 unspecified atom stereocenters. The lowest BCUT2D eigenvalue weighted by Crippen LogP contribution is -2.56. The van der Waals surface area contributed by atoms with Gasteiger partial charge in [-0.15, -0.1) is 0 Å². The van der Waals surface area contributed by atoms with Gasteiger partial charge in [0.05, 0.1) is 0 Å². The molecule has 0 saturated carbocycles. The number of amidine groups is 1. The van der Waals surface area contributed by atoms with Crippen LogP contribution in [-0.4, -0.2) is 41.8 Å². The van der Waals surface area contributed by atoms with Gasteiger partial charge in [0.1, 0.15) is 0 Å². The summed E-state index contributed by atoms with van der Waals surface area (Å²) in [7, 11) is 1.23. The van der Waals surface area contributed by atoms with Crippen molar-refractivity contribution >= 4 is 29.9 Å². The smallest absolute Gasteiger partial charge is 0.290 e. The SMILES string of the molecule is CN1C(=O)NC(=N)C(=NC=O)C1=O. The summed E-state index contributed by atoms with van der Waals surface area (Å²) in [6, 6.07) is -0.708. The zero-order valence-corrected chi connectivity index (χ0v) is 6.70. The normalized spacial score (nSPS) is 20.5. The van der Waals surface area contributed by atoms with Crippen molar-refractivity contribution in [2.24, 2.45) is 4.99 Å². The molecular weight excluding hydrogens is 176 g/mol. The molecule has 0 bridgehead atoms. The van der Waals surface area contributed by atoms with Crippen molar-refractivity contribution < 1.29 is 14.4 Å². The summed E-state index contributed by atoms with van der Waals surface area (Å²) in [4.78, 5) is 35.9. The van der Waals surface area contributed by atoms with Crippen LogP contribution in [0.5, 0.6) is 0 Å². The molecule has 68 valence electrons. The maximum absolute atomic E-state index is 11.2. The maximum atomic E-state index is 11.2. The van der Waals surface area contributed by atoms with Crippen molar-refractivity contribution in [3.05, 3.63) is 0 Å². The number of carbonyl (C=O) groups is 3. The molecule has 7 nitrogen and oxygen atoms in total. The molecule has 2 N–H and O–H groups in total. The van der Waals surface area contributed by atoms with Gasteiger partial charge in [0.2, 0.25) is 6.41 Å². The molecule has 0 aliphatic carbocycles. The molecule has 13 heavy (non-hydrogen) atoms.